The number of hydrogen-bond donors (Lipinski definition) is 1. The summed E-state index contributed by atoms with van der Waals surface area (Å²) in [5.41, 5.74) is 3.35. The Balaban J connectivity index is 1.38. The van der Waals surface area contributed by atoms with Crippen LogP contribution < -0.4 is 5.32 Å². The molecule has 1 N–H and O–H groups in total. The first-order valence-electron chi connectivity index (χ1n) is 9.54. The third kappa shape index (κ3) is 4.48. The number of para-hydroxylation sites is 1. The average Bonchev–Trinajstić information content (AvgIpc) is 3.46. The van der Waals surface area contributed by atoms with Crippen LogP contribution in [0.4, 0.5) is 5.69 Å². The monoisotopic (exact) mass is 413 g/mol. The highest BCUT2D eigenvalue weighted by Crippen LogP contribution is 2.24. The van der Waals surface area contributed by atoms with Crippen molar-refractivity contribution >= 4 is 23.4 Å². The van der Waals surface area contributed by atoms with Gasteiger partial charge in [0.15, 0.2) is 0 Å². The van der Waals surface area contributed by atoms with Crippen molar-refractivity contribution in [3.63, 3.8) is 0 Å². The largest absolute Gasteiger partial charge is 0.376 e. The second-order valence-corrected chi connectivity index (χ2v) is 7.85. The van der Waals surface area contributed by atoms with Crippen molar-refractivity contribution in [3.8, 4) is 5.69 Å². The van der Waals surface area contributed by atoms with Crippen molar-refractivity contribution < 1.29 is 9.53 Å². The van der Waals surface area contributed by atoms with E-state index in [0.717, 1.165) is 42.2 Å². The number of hydrogen-bond acceptors (Lipinski definition) is 7. The fourth-order valence-corrected chi connectivity index (χ4v) is 4.03. The highest BCUT2D eigenvalue weighted by molar-refractivity contribution is 7.99. The van der Waals surface area contributed by atoms with E-state index in [-0.39, 0.29) is 17.8 Å². The number of rotatable bonds is 7. The van der Waals surface area contributed by atoms with E-state index in [1.807, 2.05) is 48.9 Å². The fourth-order valence-electron chi connectivity index (χ4n) is 3.35. The molecule has 1 aromatic carbocycles. The molecule has 3 aromatic rings. The summed E-state index contributed by atoms with van der Waals surface area (Å²) < 4.78 is 9.18. The number of aryl methyl sites for hydroxylation is 1. The van der Waals surface area contributed by atoms with Crippen LogP contribution in [0.15, 0.2) is 35.5 Å². The van der Waals surface area contributed by atoms with Crippen LogP contribution >= 0.6 is 11.8 Å². The SMILES string of the molecule is Cc1nn(-c2ccccc2)c(C)c1NC(=O)CSc1nnnn1C[C@@H]1CCCO1. The van der Waals surface area contributed by atoms with Crippen LogP contribution in [0, 0.1) is 13.8 Å². The molecule has 0 unspecified atom stereocenters. The third-order valence-corrected chi connectivity index (χ3v) is 5.75. The molecule has 2 aromatic heterocycles. The van der Waals surface area contributed by atoms with E-state index in [0.29, 0.717) is 11.7 Å². The summed E-state index contributed by atoms with van der Waals surface area (Å²) in [4.78, 5) is 12.5. The molecule has 9 nitrogen and oxygen atoms in total. The van der Waals surface area contributed by atoms with Gasteiger partial charge in [0.2, 0.25) is 11.1 Å². The summed E-state index contributed by atoms with van der Waals surface area (Å²) in [6.45, 7) is 5.22. The van der Waals surface area contributed by atoms with Gasteiger partial charge in [-0.05, 0) is 49.2 Å². The van der Waals surface area contributed by atoms with Gasteiger partial charge in [-0.25, -0.2) is 9.36 Å². The van der Waals surface area contributed by atoms with E-state index >= 15 is 0 Å². The molecule has 1 fully saturated rings. The van der Waals surface area contributed by atoms with Gasteiger partial charge in [-0.2, -0.15) is 5.10 Å². The zero-order chi connectivity index (χ0) is 20.2. The summed E-state index contributed by atoms with van der Waals surface area (Å²) in [6, 6.07) is 9.84. The minimum atomic E-state index is -0.125. The number of aromatic nitrogens is 6. The number of ether oxygens (including phenoxy) is 1. The molecule has 1 atom stereocenters. The van der Waals surface area contributed by atoms with Crippen LogP contribution in [0.3, 0.4) is 0 Å². The summed E-state index contributed by atoms with van der Waals surface area (Å²) in [5.74, 6) is 0.0851. The second-order valence-electron chi connectivity index (χ2n) is 6.91. The van der Waals surface area contributed by atoms with Gasteiger partial charge in [0.1, 0.15) is 0 Å². The second kappa shape index (κ2) is 8.75. The fraction of sp³-hybridized carbons (Fsp3) is 0.421. The molecule has 29 heavy (non-hydrogen) atoms. The van der Waals surface area contributed by atoms with Crippen molar-refractivity contribution in [2.24, 2.45) is 0 Å². The highest BCUT2D eigenvalue weighted by atomic mass is 32.2. The normalized spacial score (nSPS) is 16.3. The maximum atomic E-state index is 12.5. The van der Waals surface area contributed by atoms with Gasteiger partial charge >= 0.3 is 0 Å². The van der Waals surface area contributed by atoms with E-state index in [9.17, 15) is 4.79 Å². The molecule has 10 heteroatoms. The Kier molecular flexibility index (Phi) is 5.91. The first kappa shape index (κ1) is 19.6. The van der Waals surface area contributed by atoms with Crippen LogP contribution in [0.1, 0.15) is 24.2 Å². The van der Waals surface area contributed by atoms with E-state index in [1.54, 1.807) is 4.68 Å². The molecule has 1 saturated heterocycles. The molecule has 0 spiro atoms. The smallest absolute Gasteiger partial charge is 0.234 e. The quantitative estimate of drug-likeness (QED) is 0.594. The maximum Gasteiger partial charge on any atom is 0.234 e. The van der Waals surface area contributed by atoms with Gasteiger partial charge in [0.05, 0.1) is 41.2 Å². The Morgan fingerprint density at radius 1 is 1.31 bits per heavy atom. The lowest BCUT2D eigenvalue weighted by Gasteiger charge is -2.10. The average molecular weight is 414 g/mol. The van der Waals surface area contributed by atoms with E-state index in [2.05, 4.69) is 25.9 Å². The molecular formula is C19H23N7O2S. The first-order chi connectivity index (χ1) is 14.1. The van der Waals surface area contributed by atoms with Crippen LogP contribution in [-0.2, 0) is 16.1 Å². The van der Waals surface area contributed by atoms with Gasteiger partial charge in [0, 0.05) is 6.61 Å². The van der Waals surface area contributed by atoms with E-state index in [4.69, 9.17) is 4.74 Å². The van der Waals surface area contributed by atoms with Crippen LogP contribution in [-0.4, -0.2) is 54.4 Å². The lowest BCUT2D eigenvalue weighted by molar-refractivity contribution is -0.113. The zero-order valence-corrected chi connectivity index (χ0v) is 17.2. The lowest BCUT2D eigenvalue weighted by atomic mass is 10.2. The standard InChI is InChI=1S/C19H23N7O2S/c1-13-18(14(2)26(22-13)15-7-4-3-5-8-15)20-17(27)12-29-19-21-23-24-25(19)11-16-9-6-10-28-16/h3-5,7-8,16H,6,9-12H2,1-2H3,(H,20,27)/t16-/m0/s1. The first-order valence-corrected chi connectivity index (χ1v) is 10.5. The molecule has 0 bridgehead atoms. The van der Waals surface area contributed by atoms with Gasteiger partial charge in [-0.3, -0.25) is 4.79 Å². The maximum absolute atomic E-state index is 12.5. The van der Waals surface area contributed by atoms with Gasteiger partial charge < -0.3 is 10.1 Å². The Bertz CT molecular complexity index is 980. The zero-order valence-electron chi connectivity index (χ0n) is 16.4. The predicted molar refractivity (Wildman–Crippen MR) is 109 cm³/mol. The van der Waals surface area contributed by atoms with E-state index in [1.165, 1.54) is 11.8 Å². The van der Waals surface area contributed by atoms with Crippen LogP contribution in [0.2, 0.25) is 0 Å². The minimum Gasteiger partial charge on any atom is -0.376 e. The Hall–Kier alpha value is -2.72. The number of carbonyl (C=O) groups is 1. The van der Waals surface area contributed by atoms with Crippen molar-refractivity contribution in [1.29, 1.82) is 0 Å². The molecule has 1 amide bonds. The number of nitrogens with zero attached hydrogens (tertiary/aromatic N) is 6. The van der Waals surface area contributed by atoms with Crippen molar-refractivity contribution in [3.05, 3.63) is 41.7 Å². The van der Waals surface area contributed by atoms with Gasteiger partial charge in [0.25, 0.3) is 0 Å². The van der Waals surface area contributed by atoms with Crippen molar-refractivity contribution in [1.82, 2.24) is 30.0 Å². The summed E-state index contributed by atoms with van der Waals surface area (Å²) >= 11 is 1.31. The molecule has 0 saturated carbocycles. The van der Waals surface area contributed by atoms with E-state index < -0.39 is 0 Å². The topological polar surface area (TPSA) is 99.8 Å². The Labute approximate surface area is 172 Å². The molecule has 1 aliphatic heterocycles. The molecule has 0 radical (unpaired) electrons. The van der Waals surface area contributed by atoms with Crippen molar-refractivity contribution in [2.45, 2.75) is 44.5 Å². The third-order valence-electron chi connectivity index (χ3n) is 4.79. The number of thioether (sulfide) groups is 1. The summed E-state index contributed by atoms with van der Waals surface area (Å²) in [5, 5.41) is 19.9. The molecule has 3 heterocycles. The van der Waals surface area contributed by atoms with Gasteiger partial charge in [-0.15, -0.1) is 5.10 Å². The predicted octanol–water partition coefficient (Wildman–Crippen LogP) is 2.39. The Morgan fingerprint density at radius 3 is 2.90 bits per heavy atom. The molecule has 152 valence electrons. The number of anilines is 1. The van der Waals surface area contributed by atoms with Crippen LogP contribution in [0.5, 0.6) is 0 Å². The number of tetrazole rings is 1. The summed E-state index contributed by atoms with van der Waals surface area (Å²) in [6.07, 6.45) is 2.21. The lowest BCUT2D eigenvalue weighted by Crippen LogP contribution is -2.18. The van der Waals surface area contributed by atoms with Gasteiger partial charge in [-0.1, -0.05) is 30.0 Å². The molecular weight excluding hydrogens is 390 g/mol. The molecule has 1 aliphatic rings. The Morgan fingerprint density at radius 2 is 2.14 bits per heavy atom. The number of benzene rings is 1. The van der Waals surface area contributed by atoms with Crippen LogP contribution in [0.25, 0.3) is 5.69 Å². The number of nitrogens with one attached hydrogen (secondary N) is 1. The number of carbonyl (C=O) groups excluding carboxylic acids is 1. The summed E-state index contributed by atoms with van der Waals surface area (Å²) in [7, 11) is 0. The minimum absolute atomic E-state index is 0.125. The number of amides is 1. The highest BCUT2D eigenvalue weighted by Gasteiger charge is 2.20. The van der Waals surface area contributed by atoms with Crippen molar-refractivity contribution in [2.75, 3.05) is 17.7 Å². The molecule has 0 aliphatic carbocycles. The molecule has 4 rings (SSSR count).